The summed E-state index contributed by atoms with van der Waals surface area (Å²) in [5.41, 5.74) is 0. The quantitative estimate of drug-likeness (QED) is 0.720. The van der Waals surface area contributed by atoms with Crippen LogP contribution in [0.25, 0.3) is 0 Å². The van der Waals surface area contributed by atoms with E-state index in [1.807, 2.05) is 0 Å². The number of nitrogens with zero attached hydrogens (tertiary/aromatic N) is 1. The van der Waals surface area contributed by atoms with Gasteiger partial charge in [0.25, 0.3) is 0 Å². The number of fused-ring (bicyclic) bond motifs is 1. The molecule has 0 aromatic heterocycles. The second-order valence-electron chi connectivity index (χ2n) is 5.87. The third-order valence-corrected chi connectivity index (χ3v) is 4.53. The maximum atomic E-state index is 12.2. The Labute approximate surface area is 102 Å². The Balaban J connectivity index is 1.70. The molecule has 2 heterocycles. The number of carbonyl (C=O) groups is 2. The molecular weight excluding hydrogens is 216 g/mol. The van der Waals surface area contributed by atoms with E-state index in [1.54, 1.807) is 0 Å². The van der Waals surface area contributed by atoms with Crippen molar-refractivity contribution in [1.29, 1.82) is 0 Å². The lowest BCUT2D eigenvalue weighted by Crippen LogP contribution is -2.41. The first-order chi connectivity index (χ1) is 8.16. The highest BCUT2D eigenvalue weighted by molar-refractivity contribution is 6.05. The van der Waals surface area contributed by atoms with Gasteiger partial charge in [-0.05, 0) is 38.1 Å². The van der Waals surface area contributed by atoms with Gasteiger partial charge in [0.05, 0.1) is 11.8 Å². The van der Waals surface area contributed by atoms with Crippen molar-refractivity contribution in [3.63, 3.8) is 0 Å². The van der Waals surface area contributed by atoms with Crippen LogP contribution in [-0.4, -0.2) is 35.8 Å². The van der Waals surface area contributed by atoms with Crippen molar-refractivity contribution in [1.82, 2.24) is 10.2 Å². The molecule has 3 atom stereocenters. The first-order valence-electron chi connectivity index (χ1n) is 6.75. The van der Waals surface area contributed by atoms with Crippen molar-refractivity contribution in [2.24, 2.45) is 17.8 Å². The number of hydrogen-bond acceptors (Lipinski definition) is 3. The highest BCUT2D eigenvalue weighted by atomic mass is 16.2. The number of amides is 2. The molecule has 4 heteroatoms. The number of hydrogen-bond donors (Lipinski definition) is 1. The van der Waals surface area contributed by atoms with Crippen LogP contribution in [0.15, 0.2) is 0 Å². The number of rotatable bonds is 2. The summed E-state index contributed by atoms with van der Waals surface area (Å²) in [5, 5.41) is 3.35. The zero-order valence-electron chi connectivity index (χ0n) is 10.3. The summed E-state index contributed by atoms with van der Waals surface area (Å²) in [5.74, 6) is 0.721. The van der Waals surface area contributed by atoms with Crippen LogP contribution in [0.2, 0.25) is 0 Å². The summed E-state index contributed by atoms with van der Waals surface area (Å²) in [7, 11) is 0. The van der Waals surface area contributed by atoms with Crippen LogP contribution in [-0.2, 0) is 9.59 Å². The lowest BCUT2D eigenvalue weighted by atomic mass is 10.00. The van der Waals surface area contributed by atoms with Gasteiger partial charge in [0.15, 0.2) is 0 Å². The predicted octanol–water partition coefficient (Wildman–Crippen LogP) is 0.770. The van der Waals surface area contributed by atoms with E-state index >= 15 is 0 Å². The monoisotopic (exact) mass is 236 g/mol. The summed E-state index contributed by atoms with van der Waals surface area (Å²) >= 11 is 0. The molecule has 4 nitrogen and oxygen atoms in total. The van der Waals surface area contributed by atoms with Crippen LogP contribution < -0.4 is 5.32 Å². The van der Waals surface area contributed by atoms with Gasteiger partial charge in [0.1, 0.15) is 0 Å². The van der Waals surface area contributed by atoms with Crippen molar-refractivity contribution >= 4 is 11.8 Å². The molecule has 0 bridgehead atoms. The summed E-state index contributed by atoms with van der Waals surface area (Å²) < 4.78 is 0. The fourth-order valence-electron chi connectivity index (χ4n) is 3.66. The van der Waals surface area contributed by atoms with Gasteiger partial charge in [-0.1, -0.05) is 6.92 Å². The van der Waals surface area contributed by atoms with Crippen LogP contribution in [0, 0.1) is 17.8 Å². The van der Waals surface area contributed by atoms with Gasteiger partial charge in [-0.25, -0.2) is 0 Å². The molecule has 3 unspecified atom stereocenters. The second-order valence-corrected chi connectivity index (χ2v) is 5.87. The van der Waals surface area contributed by atoms with Gasteiger partial charge in [-0.2, -0.15) is 0 Å². The summed E-state index contributed by atoms with van der Waals surface area (Å²) in [6, 6.07) is 0.333. The highest BCUT2D eigenvalue weighted by Gasteiger charge is 2.51. The Morgan fingerprint density at radius 2 is 1.88 bits per heavy atom. The average molecular weight is 236 g/mol. The van der Waals surface area contributed by atoms with Gasteiger partial charge in [0.2, 0.25) is 11.8 Å². The molecule has 1 aliphatic carbocycles. The van der Waals surface area contributed by atoms with Crippen molar-refractivity contribution in [3.05, 3.63) is 0 Å². The smallest absolute Gasteiger partial charge is 0.233 e. The second kappa shape index (κ2) is 4.09. The maximum Gasteiger partial charge on any atom is 0.233 e. The molecule has 1 saturated carbocycles. The van der Waals surface area contributed by atoms with Gasteiger partial charge in [-0.15, -0.1) is 0 Å². The molecule has 3 aliphatic rings. The maximum absolute atomic E-state index is 12.2. The molecule has 0 aromatic carbocycles. The van der Waals surface area contributed by atoms with Crippen LogP contribution in [0.5, 0.6) is 0 Å². The van der Waals surface area contributed by atoms with Crippen molar-refractivity contribution in [3.8, 4) is 0 Å². The fraction of sp³-hybridized carbons (Fsp3) is 0.846. The number of nitrogens with one attached hydrogen (secondary N) is 1. The normalized spacial score (nSPS) is 41.4. The zero-order chi connectivity index (χ0) is 12.0. The molecule has 0 radical (unpaired) electrons. The van der Waals surface area contributed by atoms with E-state index in [9.17, 15) is 9.59 Å². The lowest BCUT2D eigenvalue weighted by molar-refractivity contribution is -0.140. The number of carbonyl (C=O) groups excluding carboxylic acids is 2. The minimum Gasteiger partial charge on any atom is -0.312 e. The Morgan fingerprint density at radius 1 is 1.24 bits per heavy atom. The average Bonchev–Trinajstić information content (AvgIpc) is 2.96. The fourth-order valence-corrected chi connectivity index (χ4v) is 3.66. The predicted molar refractivity (Wildman–Crippen MR) is 63.1 cm³/mol. The summed E-state index contributed by atoms with van der Waals surface area (Å²) in [4.78, 5) is 25.9. The molecule has 2 amide bonds. The van der Waals surface area contributed by atoms with Crippen molar-refractivity contribution in [2.45, 2.75) is 38.6 Å². The summed E-state index contributed by atoms with van der Waals surface area (Å²) in [6.07, 6.45) is 4.06. The van der Waals surface area contributed by atoms with Crippen LogP contribution in [0.1, 0.15) is 32.6 Å². The van der Waals surface area contributed by atoms with E-state index in [2.05, 4.69) is 12.2 Å². The van der Waals surface area contributed by atoms with E-state index < -0.39 is 0 Å². The van der Waals surface area contributed by atoms with E-state index in [0.29, 0.717) is 18.5 Å². The molecule has 3 rings (SSSR count). The molecule has 3 fully saturated rings. The van der Waals surface area contributed by atoms with E-state index in [-0.39, 0.29) is 23.7 Å². The van der Waals surface area contributed by atoms with Gasteiger partial charge in [0, 0.05) is 12.6 Å². The van der Waals surface area contributed by atoms with Gasteiger partial charge in [-0.3, -0.25) is 14.5 Å². The van der Waals surface area contributed by atoms with Crippen LogP contribution >= 0.6 is 0 Å². The Hall–Kier alpha value is -0.900. The Kier molecular flexibility index (Phi) is 2.69. The first kappa shape index (κ1) is 11.2. The molecular formula is C13H20N2O2. The minimum absolute atomic E-state index is 0.00102. The molecule has 2 aliphatic heterocycles. The van der Waals surface area contributed by atoms with Crippen molar-refractivity contribution in [2.75, 3.05) is 13.1 Å². The van der Waals surface area contributed by atoms with Gasteiger partial charge >= 0.3 is 0 Å². The van der Waals surface area contributed by atoms with E-state index in [1.165, 1.54) is 4.90 Å². The SMILES string of the molecule is CC1CC2C(=O)N(CC3CCCN3)C(=O)C2C1. The minimum atomic E-state index is -0.00102. The third-order valence-electron chi connectivity index (χ3n) is 4.53. The van der Waals surface area contributed by atoms with Crippen LogP contribution in [0.4, 0.5) is 0 Å². The summed E-state index contributed by atoms with van der Waals surface area (Å²) in [6.45, 7) is 3.76. The first-order valence-corrected chi connectivity index (χ1v) is 6.75. The van der Waals surface area contributed by atoms with E-state index in [4.69, 9.17) is 0 Å². The zero-order valence-corrected chi connectivity index (χ0v) is 10.3. The lowest BCUT2D eigenvalue weighted by Gasteiger charge is -2.20. The third kappa shape index (κ3) is 1.79. The van der Waals surface area contributed by atoms with Crippen molar-refractivity contribution < 1.29 is 9.59 Å². The van der Waals surface area contributed by atoms with Crippen LogP contribution in [0.3, 0.4) is 0 Å². The molecule has 1 N–H and O–H groups in total. The largest absolute Gasteiger partial charge is 0.312 e. The topological polar surface area (TPSA) is 49.4 Å². The molecule has 2 saturated heterocycles. The molecule has 17 heavy (non-hydrogen) atoms. The molecule has 0 spiro atoms. The number of likely N-dealkylation sites (tertiary alicyclic amines) is 1. The standard InChI is InChI=1S/C13H20N2O2/c1-8-5-10-11(6-8)13(17)15(12(10)16)7-9-3-2-4-14-9/h8-11,14H,2-7H2,1H3. The van der Waals surface area contributed by atoms with Gasteiger partial charge < -0.3 is 5.32 Å². The molecule has 94 valence electrons. The highest BCUT2D eigenvalue weighted by Crippen LogP contribution is 2.42. The van der Waals surface area contributed by atoms with E-state index in [0.717, 1.165) is 32.2 Å². The Morgan fingerprint density at radius 3 is 2.41 bits per heavy atom. The molecule has 0 aromatic rings. The Bertz CT molecular complexity index is 325. The number of imide groups is 1.